The van der Waals surface area contributed by atoms with Gasteiger partial charge in [-0.15, -0.1) is 0 Å². The molecule has 1 aliphatic heterocycles. The maximum atomic E-state index is 13.2. The summed E-state index contributed by atoms with van der Waals surface area (Å²) >= 11 is 0. The molecule has 8 nitrogen and oxygen atoms in total. The van der Waals surface area contributed by atoms with Gasteiger partial charge in [-0.2, -0.15) is 10.1 Å². The Balaban J connectivity index is 1.57. The van der Waals surface area contributed by atoms with Crippen LogP contribution in [0.2, 0.25) is 0 Å². The third kappa shape index (κ3) is 4.16. The minimum atomic E-state index is -0.186. The van der Waals surface area contributed by atoms with Gasteiger partial charge < -0.3 is 14.2 Å². The Hall–Kier alpha value is -3.16. The number of methoxy groups -OCH3 is 1. The molecule has 1 fully saturated rings. The molecule has 3 aromatic rings. The summed E-state index contributed by atoms with van der Waals surface area (Å²) in [7, 11) is 3.46. The van der Waals surface area contributed by atoms with Crippen LogP contribution in [0.4, 0.5) is 0 Å². The Morgan fingerprint density at radius 1 is 1.28 bits per heavy atom. The van der Waals surface area contributed by atoms with Crippen LogP contribution in [0.15, 0.2) is 41.2 Å². The van der Waals surface area contributed by atoms with E-state index in [2.05, 4.69) is 15.2 Å². The Morgan fingerprint density at radius 3 is 2.93 bits per heavy atom. The number of aryl methyl sites for hydroxylation is 1. The fraction of sp³-hybridized carbons (Fsp3) is 0.429. The molecular formula is C21H25N5O3. The number of likely N-dealkylation sites (tertiary alicyclic amines) is 1. The number of carbonyl (C=O) groups is 1. The number of para-hydroxylation sites is 1. The molecule has 3 heterocycles. The first-order valence-corrected chi connectivity index (χ1v) is 9.89. The van der Waals surface area contributed by atoms with E-state index in [1.807, 2.05) is 42.4 Å². The molecule has 2 aromatic heterocycles. The van der Waals surface area contributed by atoms with Crippen molar-refractivity contribution >= 4 is 5.91 Å². The van der Waals surface area contributed by atoms with Gasteiger partial charge in [0.1, 0.15) is 5.75 Å². The summed E-state index contributed by atoms with van der Waals surface area (Å²) in [4.78, 5) is 19.7. The maximum Gasteiger partial charge on any atom is 0.261 e. The third-order valence-electron chi connectivity index (χ3n) is 5.30. The van der Waals surface area contributed by atoms with Gasteiger partial charge in [0.2, 0.25) is 5.91 Å². The maximum absolute atomic E-state index is 13.2. The van der Waals surface area contributed by atoms with Crippen LogP contribution >= 0.6 is 0 Å². The minimum Gasteiger partial charge on any atom is -0.496 e. The second-order valence-corrected chi connectivity index (χ2v) is 7.30. The zero-order valence-electron chi connectivity index (χ0n) is 16.7. The van der Waals surface area contributed by atoms with E-state index in [4.69, 9.17) is 9.26 Å². The molecule has 29 heavy (non-hydrogen) atoms. The van der Waals surface area contributed by atoms with Crippen molar-refractivity contribution in [1.29, 1.82) is 0 Å². The number of carbonyl (C=O) groups excluding carboxylic acids is 1. The van der Waals surface area contributed by atoms with Gasteiger partial charge in [-0.1, -0.05) is 36.2 Å². The van der Waals surface area contributed by atoms with Crippen LogP contribution in [0.5, 0.6) is 5.75 Å². The van der Waals surface area contributed by atoms with E-state index >= 15 is 0 Å². The smallest absolute Gasteiger partial charge is 0.261 e. The first-order valence-electron chi connectivity index (χ1n) is 9.89. The molecule has 1 aromatic carbocycles. The number of nitrogens with zero attached hydrogens (tertiary/aromatic N) is 5. The first-order chi connectivity index (χ1) is 14.2. The number of ether oxygens (including phenoxy) is 1. The van der Waals surface area contributed by atoms with Crippen LogP contribution in [-0.4, -0.2) is 44.4 Å². The lowest BCUT2D eigenvalue weighted by molar-refractivity contribution is -0.133. The molecule has 1 atom stereocenters. The molecule has 4 rings (SSSR count). The number of aromatic nitrogens is 4. The van der Waals surface area contributed by atoms with Crippen molar-refractivity contribution in [3.63, 3.8) is 0 Å². The average Bonchev–Trinajstić information content (AvgIpc) is 3.31. The fourth-order valence-corrected chi connectivity index (χ4v) is 3.81. The van der Waals surface area contributed by atoms with Crippen molar-refractivity contribution in [3.05, 3.63) is 48.0 Å². The van der Waals surface area contributed by atoms with Crippen molar-refractivity contribution in [2.45, 2.75) is 38.1 Å². The van der Waals surface area contributed by atoms with Crippen molar-refractivity contribution < 1.29 is 14.1 Å². The predicted molar refractivity (Wildman–Crippen MR) is 106 cm³/mol. The Bertz CT molecular complexity index is 980. The molecule has 0 saturated carbocycles. The third-order valence-corrected chi connectivity index (χ3v) is 5.30. The van der Waals surface area contributed by atoms with Crippen LogP contribution < -0.4 is 4.74 Å². The van der Waals surface area contributed by atoms with Gasteiger partial charge in [0, 0.05) is 25.4 Å². The van der Waals surface area contributed by atoms with Gasteiger partial charge in [0.25, 0.3) is 5.89 Å². The molecule has 0 N–H and O–H groups in total. The zero-order valence-corrected chi connectivity index (χ0v) is 16.7. The molecule has 1 saturated heterocycles. The minimum absolute atomic E-state index is 0.0501. The van der Waals surface area contributed by atoms with Crippen molar-refractivity contribution in [3.8, 4) is 17.2 Å². The van der Waals surface area contributed by atoms with Crippen LogP contribution in [0.3, 0.4) is 0 Å². The van der Waals surface area contributed by atoms with Gasteiger partial charge in [-0.05, 0) is 18.9 Å². The molecule has 0 unspecified atom stereocenters. The van der Waals surface area contributed by atoms with Crippen LogP contribution in [0.1, 0.15) is 43.1 Å². The van der Waals surface area contributed by atoms with E-state index in [1.165, 1.54) is 0 Å². The number of benzene rings is 1. The molecule has 8 heteroatoms. The van der Waals surface area contributed by atoms with Crippen LogP contribution in [-0.2, 0) is 18.3 Å². The molecule has 0 radical (unpaired) electrons. The zero-order chi connectivity index (χ0) is 20.2. The van der Waals surface area contributed by atoms with Gasteiger partial charge in [0.05, 0.1) is 31.3 Å². The molecule has 152 valence electrons. The quantitative estimate of drug-likeness (QED) is 0.660. The summed E-state index contributed by atoms with van der Waals surface area (Å²) in [5.41, 5.74) is 1.65. The predicted octanol–water partition coefficient (Wildman–Crippen LogP) is 3.17. The number of rotatable bonds is 5. The SMILES string of the molecule is COc1ccccc1CC(=O)N1CCCCC[C@@H]1c1noc(-c2cnn(C)c2)n1. The van der Waals surface area contributed by atoms with Gasteiger partial charge in [0.15, 0.2) is 5.82 Å². The van der Waals surface area contributed by atoms with Crippen molar-refractivity contribution in [1.82, 2.24) is 24.8 Å². The lowest BCUT2D eigenvalue weighted by Gasteiger charge is -2.28. The summed E-state index contributed by atoms with van der Waals surface area (Å²) in [6.07, 6.45) is 7.71. The van der Waals surface area contributed by atoms with E-state index in [1.54, 1.807) is 18.0 Å². The second-order valence-electron chi connectivity index (χ2n) is 7.30. The van der Waals surface area contributed by atoms with E-state index in [0.29, 0.717) is 18.3 Å². The number of hydrogen-bond donors (Lipinski definition) is 0. The summed E-state index contributed by atoms with van der Waals surface area (Å²) in [6.45, 7) is 0.690. The lowest BCUT2D eigenvalue weighted by Crippen LogP contribution is -2.36. The normalized spacial score (nSPS) is 17.2. The lowest BCUT2D eigenvalue weighted by atomic mass is 10.1. The fourth-order valence-electron chi connectivity index (χ4n) is 3.81. The van der Waals surface area contributed by atoms with Crippen LogP contribution in [0.25, 0.3) is 11.5 Å². The van der Waals surface area contributed by atoms with Gasteiger partial charge >= 0.3 is 0 Å². The highest BCUT2D eigenvalue weighted by Crippen LogP contribution is 2.31. The standard InChI is InChI=1S/C21H25N5O3/c1-25-14-16(13-22-25)21-23-20(24-29-21)17-9-4-3-7-11-26(17)19(27)12-15-8-5-6-10-18(15)28-2/h5-6,8,10,13-14,17H,3-4,7,9,11-12H2,1-2H3/t17-/m1/s1. The molecule has 0 bridgehead atoms. The van der Waals surface area contributed by atoms with Crippen LogP contribution in [0, 0.1) is 0 Å². The van der Waals surface area contributed by atoms with Crippen molar-refractivity contribution in [2.75, 3.05) is 13.7 Å². The Morgan fingerprint density at radius 2 is 2.14 bits per heavy atom. The van der Waals surface area contributed by atoms with E-state index in [9.17, 15) is 4.79 Å². The van der Waals surface area contributed by atoms with E-state index < -0.39 is 0 Å². The molecular weight excluding hydrogens is 370 g/mol. The van der Waals surface area contributed by atoms with Crippen molar-refractivity contribution in [2.24, 2.45) is 7.05 Å². The highest BCUT2D eigenvalue weighted by molar-refractivity contribution is 5.80. The topological polar surface area (TPSA) is 86.3 Å². The van der Waals surface area contributed by atoms with Gasteiger partial charge in [-0.3, -0.25) is 9.48 Å². The molecule has 1 amide bonds. The summed E-state index contributed by atoms with van der Waals surface area (Å²) < 4.78 is 12.6. The first kappa shape index (κ1) is 19.2. The summed E-state index contributed by atoms with van der Waals surface area (Å²) in [6, 6.07) is 7.44. The highest BCUT2D eigenvalue weighted by atomic mass is 16.5. The summed E-state index contributed by atoms with van der Waals surface area (Å²) in [5, 5.41) is 8.35. The monoisotopic (exact) mass is 395 g/mol. The Kier molecular flexibility index (Phi) is 5.59. The number of hydrogen-bond acceptors (Lipinski definition) is 6. The highest BCUT2D eigenvalue weighted by Gasteiger charge is 2.31. The Labute approximate surface area is 169 Å². The van der Waals surface area contributed by atoms with Gasteiger partial charge in [-0.25, -0.2) is 0 Å². The molecule has 0 aliphatic carbocycles. The van der Waals surface area contributed by atoms with E-state index in [0.717, 1.165) is 42.6 Å². The molecule has 1 aliphatic rings. The second kappa shape index (κ2) is 8.46. The average molecular weight is 395 g/mol. The summed E-state index contributed by atoms with van der Waals surface area (Å²) in [5.74, 6) is 1.76. The van der Waals surface area contributed by atoms with E-state index in [-0.39, 0.29) is 18.4 Å². The molecule has 0 spiro atoms. The number of amides is 1. The largest absolute Gasteiger partial charge is 0.496 e.